The van der Waals surface area contributed by atoms with E-state index in [0.29, 0.717) is 6.26 Å². The molecule has 3 heteroatoms. The van der Waals surface area contributed by atoms with Crippen LogP contribution in [0.4, 0.5) is 0 Å². The average molecular weight is 164 g/mol. The van der Waals surface area contributed by atoms with Gasteiger partial charge in [0, 0.05) is 6.08 Å². The normalized spacial score (nSPS) is 10.3. The van der Waals surface area contributed by atoms with Gasteiger partial charge < -0.3 is 10.2 Å². The molecule has 12 heavy (non-hydrogen) atoms. The number of rotatable bonds is 2. The molecule has 0 fully saturated rings. The summed E-state index contributed by atoms with van der Waals surface area (Å²) in [5.41, 5.74) is 0.183. The van der Waals surface area contributed by atoms with Crippen molar-refractivity contribution in [2.45, 2.75) is 0 Å². The first-order valence-electron chi connectivity index (χ1n) is 3.39. The zero-order chi connectivity index (χ0) is 8.97. The molecule has 0 bridgehead atoms. The molecule has 0 aliphatic rings. The number of phenolic OH excluding ortho intramolecular Hbond substituents is 1. The highest BCUT2D eigenvalue weighted by molar-refractivity contribution is 6.06. The monoisotopic (exact) mass is 164 g/mol. The number of ketones is 1. The first kappa shape index (κ1) is 8.33. The van der Waals surface area contributed by atoms with E-state index in [0.717, 1.165) is 6.08 Å². The molecule has 0 amide bonds. The van der Waals surface area contributed by atoms with Gasteiger partial charge in [-0.3, -0.25) is 4.79 Å². The van der Waals surface area contributed by atoms with Crippen LogP contribution in [0.3, 0.4) is 0 Å². The van der Waals surface area contributed by atoms with Crippen LogP contribution in [0.15, 0.2) is 36.6 Å². The zero-order valence-corrected chi connectivity index (χ0v) is 6.27. The Morgan fingerprint density at radius 2 is 2.00 bits per heavy atom. The SMILES string of the molecule is O=C(/C=C\O)c1ccccc1O. The van der Waals surface area contributed by atoms with E-state index in [9.17, 15) is 9.90 Å². The van der Waals surface area contributed by atoms with Crippen molar-refractivity contribution < 1.29 is 15.0 Å². The number of hydrogen-bond donors (Lipinski definition) is 2. The highest BCUT2D eigenvalue weighted by Gasteiger charge is 2.05. The van der Waals surface area contributed by atoms with Crippen molar-refractivity contribution in [3.8, 4) is 5.75 Å². The Hall–Kier alpha value is -1.77. The molecule has 0 aliphatic heterocycles. The number of aliphatic hydroxyl groups is 1. The summed E-state index contributed by atoms with van der Waals surface area (Å²) in [5, 5.41) is 17.5. The third-order valence-corrected chi connectivity index (χ3v) is 1.40. The zero-order valence-electron chi connectivity index (χ0n) is 6.27. The van der Waals surface area contributed by atoms with Gasteiger partial charge in [0.05, 0.1) is 11.8 Å². The lowest BCUT2D eigenvalue weighted by Gasteiger charge is -1.97. The van der Waals surface area contributed by atoms with Crippen molar-refractivity contribution in [2.75, 3.05) is 0 Å². The number of hydrogen-bond acceptors (Lipinski definition) is 3. The van der Waals surface area contributed by atoms with Crippen LogP contribution in [0.1, 0.15) is 10.4 Å². The fourth-order valence-corrected chi connectivity index (χ4v) is 0.839. The van der Waals surface area contributed by atoms with Gasteiger partial charge in [0.2, 0.25) is 0 Å². The fraction of sp³-hybridized carbons (Fsp3) is 0. The van der Waals surface area contributed by atoms with E-state index < -0.39 is 5.78 Å². The van der Waals surface area contributed by atoms with Gasteiger partial charge >= 0.3 is 0 Å². The summed E-state index contributed by atoms with van der Waals surface area (Å²) in [5.74, 6) is -0.504. The molecular formula is C9H8O3. The van der Waals surface area contributed by atoms with Crippen LogP contribution >= 0.6 is 0 Å². The molecule has 0 aromatic heterocycles. The Morgan fingerprint density at radius 3 is 2.58 bits per heavy atom. The minimum absolute atomic E-state index is 0.0828. The number of aliphatic hydroxyl groups excluding tert-OH is 1. The summed E-state index contributed by atoms with van der Waals surface area (Å²) in [6.45, 7) is 0. The molecule has 0 spiro atoms. The molecule has 0 saturated heterocycles. The van der Waals surface area contributed by atoms with Gasteiger partial charge in [-0.05, 0) is 12.1 Å². The third kappa shape index (κ3) is 1.63. The molecule has 1 aromatic carbocycles. The summed E-state index contributed by atoms with van der Waals surface area (Å²) < 4.78 is 0. The summed E-state index contributed by atoms with van der Waals surface area (Å²) in [6, 6.07) is 6.16. The van der Waals surface area contributed by atoms with Crippen molar-refractivity contribution in [3.05, 3.63) is 42.2 Å². The first-order valence-corrected chi connectivity index (χ1v) is 3.39. The quantitative estimate of drug-likeness (QED) is 0.397. The lowest BCUT2D eigenvalue weighted by Crippen LogP contribution is -1.93. The number of para-hydroxylation sites is 1. The molecule has 0 radical (unpaired) electrons. The van der Waals surface area contributed by atoms with Crippen molar-refractivity contribution >= 4 is 5.78 Å². The second-order valence-corrected chi connectivity index (χ2v) is 2.20. The number of allylic oxidation sites excluding steroid dienone is 1. The molecule has 0 atom stereocenters. The van der Waals surface area contributed by atoms with Gasteiger partial charge in [0.1, 0.15) is 5.75 Å². The summed E-state index contributed by atoms with van der Waals surface area (Å²) >= 11 is 0. The summed E-state index contributed by atoms with van der Waals surface area (Å²) in [6.07, 6.45) is 1.63. The van der Waals surface area contributed by atoms with Crippen molar-refractivity contribution in [3.63, 3.8) is 0 Å². The van der Waals surface area contributed by atoms with E-state index in [1.165, 1.54) is 12.1 Å². The summed E-state index contributed by atoms with van der Waals surface area (Å²) in [7, 11) is 0. The lowest BCUT2D eigenvalue weighted by molar-refractivity contribution is 0.104. The predicted octanol–water partition coefficient (Wildman–Crippen LogP) is 1.65. The van der Waals surface area contributed by atoms with Crippen molar-refractivity contribution in [1.82, 2.24) is 0 Å². The molecule has 1 aromatic rings. The molecule has 0 unspecified atom stereocenters. The van der Waals surface area contributed by atoms with Crippen molar-refractivity contribution in [1.29, 1.82) is 0 Å². The topological polar surface area (TPSA) is 57.5 Å². The van der Waals surface area contributed by atoms with Gasteiger partial charge in [0.15, 0.2) is 5.78 Å². The highest BCUT2D eigenvalue weighted by Crippen LogP contribution is 2.16. The number of carbonyl (C=O) groups is 1. The van der Waals surface area contributed by atoms with Gasteiger partial charge in [-0.1, -0.05) is 12.1 Å². The maximum Gasteiger partial charge on any atom is 0.192 e. The molecule has 1 rings (SSSR count). The van der Waals surface area contributed by atoms with Gasteiger partial charge in [-0.15, -0.1) is 0 Å². The molecule has 0 heterocycles. The van der Waals surface area contributed by atoms with Gasteiger partial charge in [-0.2, -0.15) is 0 Å². The maximum atomic E-state index is 11.1. The van der Waals surface area contributed by atoms with E-state index in [-0.39, 0.29) is 11.3 Å². The molecule has 62 valence electrons. The Kier molecular flexibility index (Phi) is 2.48. The van der Waals surface area contributed by atoms with E-state index >= 15 is 0 Å². The lowest BCUT2D eigenvalue weighted by atomic mass is 10.1. The molecule has 0 saturated carbocycles. The molecule has 2 N–H and O–H groups in total. The Balaban J connectivity index is 3.03. The van der Waals surface area contributed by atoms with Crippen molar-refractivity contribution in [2.24, 2.45) is 0 Å². The van der Waals surface area contributed by atoms with Crippen LogP contribution in [0.5, 0.6) is 5.75 Å². The number of carbonyl (C=O) groups excluding carboxylic acids is 1. The number of phenols is 1. The Morgan fingerprint density at radius 1 is 1.33 bits per heavy atom. The standard InChI is InChI=1S/C9H8O3/c10-6-5-9(12)7-3-1-2-4-8(7)11/h1-6,10-11H/b6-5-. The van der Waals surface area contributed by atoms with E-state index in [1.807, 2.05) is 0 Å². The first-order chi connectivity index (χ1) is 5.75. The third-order valence-electron chi connectivity index (χ3n) is 1.40. The average Bonchev–Trinajstić information content (AvgIpc) is 2.05. The van der Waals surface area contributed by atoms with Gasteiger partial charge in [-0.25, -0.2) is 0 Å². The summed E-state index contributed by atoms with van der Waals surface area (Å²) in [4.78, 5) is 11.1. The molecule has 3 nitrogen and oxygen atoms in total. The molecular weight excluding hydrogens is 156 g/mol. The number of benzene rings is 1. The smallest absolute Gasteiger partial charge is 0.192 e. The predicted molar refractivity (Wildman–Crippen MR) is 44.2 cm³/mol. The molecule has 0 aliphatic carbocycles. The van der Waals surface area contributed by atoms with Crippen LogP contribution in [-0.2, 0) is 0 Å². The second kappa shape index (κ2) is 3.57. The van der Waals surface area contributed by atoms with Crippen LogP contribution in [0.2, 0.25) is 0 Å². The Bertz CT molecular complexity index is 315. The fourth-order valence-electron chi connectivity index (χ4n) is 0.839. The van der Waals surface area contributed by atoms with E-state index in [2.05, 4.69) is 0 Å². The van der Waals surface area contributed by atoms with Crippen LogP contribution < -0.4 is 0 Å². The minimum Gasteiger partial charge on any atom is -0.515 e. The van der Waals surface area contributed by atoms with Crippen LogP contribution in [0, 0.1) is 0 Å². The van der Waals surface area contributed by atoms with Gasteiger partial charge in [0.25, 0.3) is 0 Å². The number of aromatic hydroxyl groups is 1. The second-order valence-electron chi connectivity index (χ2n) is 2.20. The van der Waals surface area contributed by atoms with Crippen LogP contribution in [0.25, 0.3) is 0 Å². The largest absolute Gasteiger partial charge is 0.515 e. The van der Waals surface area contributed by atoms with E-state index in [1.54, 1.807) is 12.1 Å². The van der Waals surface area contributed by atoms with E-state index in [4.69, 9.17) is 5.11 Å². The Labute approximate surface area is 69.6 Å². The highest BCUT2D eigenvalue weighted by atomic mass is 16.3. The van der Waals surface area contributed by atoms with Crippen LogP contribution in [-0.4, -0.2) is 16.0 Å². The maximum absolute atomic E-state index is 11.1. The minimum atomic E-state index is -0.421.